The lowest BCUT2D eigenvalue weighted by Crippen LogP contribution is -2.05. The fraction of sp³-hybridized carbons (Fsp3) is 0.133. The van der Waals surface area contributed by atoms with Gasteiger partial charge in [0.15, 0.2) is 5.78 Å². The normalized spacial score (nSPS) is 10.4. The molecule has 0 saturated carbocycles. The molecule has 0 atom stereocenters. The van der Waals surface area contributed by atoms with Crippen molar-refractivity contribution in [3.63, 3.8) is 0 Å². The van der Waals surface area contributed by atoms with Crippen LogP contribution in [0.5, 0.6) is 0 Å². The minimum atomic E-state index is -0.514. The monoisotopic (exact) mass is 262 g/mol. The lowest BCUT2D eigenvalue weighted by molar-refractivity contribution is 0.0992. The molecule has 2 rings (SSSR count). The van der Waals surface area contributed by atoms with Gasteiger partial charge in [0.05, 0.1) is 5.02 Å². The van der Waals surface area contributed by atoms with E-state index < -0.39 is 5.82 Å². The van der Waals surface area contributed by atoms with Crippen LogP contribution >= 0.6 is 11.6 Å². The van der Waals surface area contributed by atoms with Crippen molar-refractivity contribution in [2.24, 2.45) is 0 Å². The second-order valence-electron chi connectivity index (χ2n) is 4.18. The number of ketones is 1. The van der Waals surface area contributed by atoms with Gasteiger partial charge in [-0.25, -0.2) is 4.39 Å². The minimum Gasteiger partial charge on any atom is -0.294 e. The summed E-state index contributed by atoms with van der Waals surface area (Å²) in [6.07, 6.45) is 0.0237. The van der Waals surface area contributed by atoms with Crippen LogP contribution in [0.3, 0.4) is 0 Å². The van der Waals surface area contributed by atoms with Gasteiger partial charge < -0.3 is 0 Å². The van der Waals surface area contributed by atoms with Crippen molar-refractivity contribution in [3.8, 4) is 0 Å². The van der Waals surface area contributed by atoms with Gasteiger partial charge in [0, 0.05) is 12.0 Å². The smallest absolute Gasteiger partial charge is 0.167 e. The van der Waals surface area contributed by atoms with E-state index in [9.17, 15) is 9.18 Å². The fourth-order valence-corrected chi connectivity index (χ4v) is 1.97. The lowest BCUT2D eigenvalue weighted by Gasteiger charge is -2.05. The molecule has 0 aromatic heterocycles. The van der Waals surface area contributed by atoms with E-state index in [0.29, 0.717) is 11.1 Å². The highest BCUT2D eigenvalue weighted by molar-refractivity contribution is 6.30. The van der Waals surface area contributed by atoms with Crippen LogP contribution in [0.25, 0.3) is 0 Å². The molecule has 0 unspecified atom stereocenters. The first-order chi connectivity index (χ1) is 8.58. The van der Waals surface area contributed by atoms with Gasteiger partial charge in [0.25, 0.3) is 0 Å². The molecule has 0 aliphatic carbocycles. The second-order valence-corrected chi connectivity index (χ2v) is 4.59. The molecule has 0 amide bonds. The number of benzene rings is 2. The third-order valence-corrected chi connectivity index (χ3v) is 3.01. The summed E-state index contributed by atoms with van der Waals surface area (Å²) in [6.45, 7) is 1.91. The standard InChI is InChI=1S/C15H12ClFO/c1-10-4-2-5-11(8-10)14(18)9-12-6-3-7-13(16)15(12)17/h2-8H,9H2,1H3. The van der Waals surface area contributed by atoms with E-state index in [2.05, 4.69) is 0 Å². The third-order valence-electron chi connectivity index (χ3n) is 2.72. The predicted octanol–water partition coefficient (Wildman–Crippen LogP) is 4.21. The molecule has 0 spiro atoms. The van der Waals surface area contributed by atoms with Gasteiger partial charge in [-0.15, -0.1) is 0 Å². The molecule has 3 heteroatoms. The van der Waals surface area contributed by atoms with Crippen LogP contribution in [-0.2, 0) is 6.42 Å². The van der Waals surface area contributed by atoms with Gasteiger partial charge in [0.2, 0.25) is 0 Å². The zero-order valence-electron chi connectivity index (χ0n) is 9.91. The summed E-state index contributed by atoms with van der Waals surface area (Å²) in [6, 6.07) is 12.0. The SMILES string of the molecule is Cc1cccc(C(=O)Cc2cccc(Cl)c2F)c1. The third kappa shape index (κ3) is 2.77. The highest BCUT2D eigenvalue weighted by Gasteiger charge is 2.12. The van der Waals surface area contributed by atoms with Crippen LogP contribution in [0.4, 0.5) is 4.39 Å². The van der Waals surface area contributed by atoms with Crippen molar-refractivity contribution >= 4 is 17.4 Å². The van der Waals surface area contributed by atoms with Gasteiger partial charge in [-0.3, -0.25) is 4.79 Å². The number of hydrogen-bond acceptors (Lipinski definition) is 1. The van der Waals surface area contributed by atoms with E-state index in [-0.39, 0.29) is 17.2 Å². The molecule has 0 fully saturated rings. The van der Waals surface area contributed by atoms with Crippen LogP contribution in [0.2, 0.25) is 5.02 Å². The summed E-state index contributed by atoms with van der Waals surface area (Å²) >= 11 is 5.68. The van der Waals surface area contributed by atoms with Gasteiger partial charge in [-0.2, -0.15) is 0 Å². The van der Waals surface area contributed by atoms with Crippen molar-refractivity contribution in [1.29, 1.82) is 0 Å². The molecule has 18 heavy (non-hydrogen) atoms. The summed E-state index contributed by atoms with van der Waals surface area (Å²) in [4.78, 5) is 12.0. The molecule has 0 heterocycles. The molecular weight excluding hydrogens is 251 g/mol. The van der Waals surface area contributed by atoms with Crippen molar-refractivity contribution in [2.75, 3.05) is 0 Å². The van der Waals surface area contributed by atoms with E-state index in [1.165, 1.54) is 6.07 Å². The molecule has 0 N–H and O–H groups in total. The predicted molar refractivity (Wildman–Crippen MR) is 70.6 cm³/mol. The highest BCUT2D eigenvalue weighted by atomic mass is 35.5. The molecule has 0 radical (unpaired) electrons. The zero-order chi connectivity index (χ0) is 13.1. The Morgan fingerprint density at radius 3 is 2.67 bits per heavy atom. The number of carbonyl (C=O) groups excluding carboxylic acids is 1. The van der Waals surface area contributed by atoms with E-state index in [0.717, 1.165) is 5.56 Å². The first kappa shape index (κ1) is 12.8. The topological polar surface area (TPSA) is 17.1 Å². The molecule has 2 aromatic rings. The molecule has 92 valence electrons. The van der Waals surface area contributed by atoms with E-state index in [1.54, 1.807) is 24.3 Å². The molecule has 0 aliphatic heterocycles. The maximum Gasteiger partial charge on any atom is 0.167 e. The van der Waals surface area contributed by atoms with Gasteiger partial charge >= 0.3 is 0 Å². The van der Waals surface area contributed by atoms with E-state index in [1.807, 2.05) is 19.1 Å². The number of carbonyl (C=O) groups is 1. The molecule has 1 nitrogen and oxygen atoms in total. The number of aryl methyl sites for hydroxylation is 1. The van der Waals surface area contributed by atoms with Crippen LogP contribution < -0.4 is 0 Å². The van der Waals surface area contributed by atoms with Crippen LogP contribution in [0, 0.1) is 12.7 Å². The Kier molecular flexibility index (Phi) is 3.78. The van der Waals surface area contributed by atoms with Crippen LogP contribution in [0.15, 0.2) is 42.5 Å². The van der Waals surface area contributed by atoms with Crippen molar-refractivity contribution in [3.05, 3.63) is 70.0 Å². The number of Topliss-reactive ketones (excluding diaryl/α,β-unsaturated/α-hetero) is 1. The summed E-state index contributed by atoms with van der Waals surface area (Å²) in [5.41, 5.74) is 1.93. The molecule has 0 bridgehead atoms. The Balaban J connectivity index is 2.24. The fourth-order valence-electron chi connectivity index (χ4n) is 1.78. The average molecular weight is 263 g/mol. The Labute approximate surface area is 110 Å². The number of hydrogen-bond donors (Lipinski definition) is 0. The van der Waals surface area contributed by atoms with Crippen molar-refractivity contribution in [1.82, 2.24) is 0 Å². The number of rotatable bonds is 3. The van der Waals surface area contributed by atoms with Gasteiger partial charge in [-0.05, 0) is 24.6 Å². The number of halogens is 2. The van der Waals surface area contributed by atoms with Crippen LogP contribution in [-0.4, -0.2) is 5.78 Å². The maximum atomic E-state index is 13.7. The summed E-state index contributed by atoms with van der Waals surface area (Å²) < 4.78 is 13.7. The lowest BCUT2D eigenvalue weighted by atomic mass is 10.0. The minimum absolute atomic E-state index is 0.0237. The zero-order valence-corrected chi connectivity index (χ0v) is 10.7. The van der Waals surface area contributed by atoms with E-state index >= 15 is 0 Å². The van der Waals surface area contributed by atoms with Crippen molar-refractivity contribution < 1.29 is 9.18 Å². The van der Waals surface area contributed by atoms with Gasteiger partial charge in [0.1, 0.15) is 5.82 Å². The van der Waals surface area contributed by atoms with Gasteiger partial charge in [-0.1, -0.05) is 47.5 Å². The highest BCUT2D eigenvalue weighted by Crippen LogP contribution is 2.19. The maximum absolute atomic E-state index is 13.7. The Bertz CT molecular complexity index is 593. The Morgan fingerprint density at radius 2 is 1.94 bits per heavy atom. The van der Waals surface area contributed by atoms with E-state index in [4.69, 9.17) is 11.6 Å². The average Bonchev–Trinajstić information content (AvgIpc) is 2.35. The largest absolute Gasteiger partial charge is 0.294 e. The summed E-state index contributed by atoms with van der Waals surface area (Å²) in [5, 5.41) is 0.0459. The Hall–Kier alpha value is -1.67. The summed E-state index contributed by atoms with van der Waals surface area (Å²) in [5.74, 6) is -0.625. The molecule has 0 aliphatic rings. The quantitative estimate of drug-likeness (QED) is 0.757. The molecule has 0 saturated heterocycles. The summed E-state index contributed by atoms with van der Waals surface area (Å²) in [7, 11) is 0. The second kappa shape index (κ2) is 5.32. The molecule has 2 aromatic carbocycles. The van der Waals surface area contributed by atoms with Crippen LogP contribution in [0.1, 0.15) is 21.5 Å². The van der Waals surface area contributed by atoms with Crippen molar-refractivity contribution in [2.45, 2.75) is 13.3 Å². The first-order valence-electron chi connectivity index (χ1n) is 5.60. The first-order valence-corrected chi connectivity index (χ1v) is 5.98. The Morgan fingerprint density at radius 1 is 1.22 bits per heavy atom. The molecular formula is C15H12ClFO.